The fraction of sp³-hybridized carbons (Fsp3) is 0.823. The van der Waals surface area contributed by atoms with E-state index in [2.05, 4.69) is 16.0 Å². The number of Topliss-reactive ketones (excluding diaryl/α,β-unsaturated/α-hetero) is 1. The summed E-state index contributed by atoms with van der Waals surface area (Å²) in [5.41, 5.74) is 0. The van der Waals surface area contributed by atoms with Gasteiger partial charge in [0, 0.05) is 68.1 Å². The lowest BCUT2D eigenvalue weighted by molar-refractivity contribution is -0.161. The first-order valence-corrected chi connectivity index (χ1v) is 30.8. The summed E-state index contributed by atoms with van der Waals surface area (Å²) >= 11 is 0. The van der Waals surface area contributed by atoms with Crippen molar-refractivity contribution in [3.05, 3.63) is 0 Å². The van der Waals surface area contributed by atoms with Crippen LogP contribution in [0.2, 0.25) is 0 Å². The van der Waals surface area contributed by atoms with Gasteiger partial charge in [-0.3, -0.25) is 52.7 Å². The summed E-state index contributed by atoms with van der Waals surface area (Å²) in [6.45, 7) is 29.9. The predicted octanol–water partition coefficient (Wildman–Crippen LogP) is 3.53. The first-order chi connectivity index (χ1) is 39.2. The molecule has 10 amide bonds. The van der Waals surface area contributed by atoms with E-state index in [1.54, 1.807) is 48.5 Å². The molecule has 2 heterocycles. The Hall–Kier alpha value is -5.71. The van der Waals surface area contributed by atoms with Gasteiger partial charge in [0.1, 0.15) is 54.4 Å². The van der Waals surface area contributed by atoms with E-state index in [9.17, 15) is 48.3 Å². The van der Waals surface area contributed by atoms with Crippen molar-refractivity contribution in [3.63, 3.8) is 0 Å². The second kappa shape index (κ2) is 32.9. The van der Waals surface area contributed by atoms with Crippen molar-refractivity contribution in [1.82, 2.24) is 50.2 Å². The molecule has 23 heteroatoms. The normalized spacial score (nSPS) is 30.6. The second-order valence-corrected chi connectivity index (χ2v) is 26.8. The van der Waals surface area contributed by atoms with E-state index in [-0.39, 0.29) is 68.6 Å². The maximum Gasteiger partial charge on any atom is 0.246 e. The number of nitrogens with one attached hydrogen (secondary N) is 3. The molecule has 23 nitrogen and oxygen atoms in total. The highest BCUT2D eigenvalue weighted by Crippen LogP contribution is 2.31. The number of carbonyl (C=O) groups is 11. The van der Waals surface area contributed by atoms with Crippen LogP contribution in [-0.4, -0.2) is 226 Å². The highest BCUT2D eigenvalue weighted by molar-refractivity contribution is 6.00. The van der Waals surface area contributed by atoms with Crippen LogP contribution in [0.1, 0.15) is 163 Å². The standard InChI is InChI=1S/C62H110N10O13/c1-25-42-58(80)66(18)41(17)57(79)67(19)44(27-33(4)5)54(76)65-49(36(10)11)61(83)68(20)43(26-32(2)3)53(75)63-40(16)47(73)30-39(15)56(78)69(21)45(28-34(6)7)59(81)70(22)46(29-35(8)9)60(82)71(23)50(37(12)13)62(84)72(24)51(55(77)64-42)52-38(14)31-48(74)85-52/h32-46,48-52,74H,25-31H2,1-24H3,(H,63,75)(H,64,77)(H,65,76)/t38-,39-,40-,41-,42-,43-,44+,45-,46-,48?,49-,50-,51-,52?/m1/s1. The molecular formula is C62H110N10O13. The number of aliphatic hydroxyl groups is 1. The van der Waals surface area contributed by atoms with Gasteiger partial charge in [-0.1, -0.05) is 104 Å². The lowest BCUT2D eigenvalue weighted by atomic mass is 9.93. The monoisotopic (exact) mass is 1200 g/mol. The van der Waals surface area contributed by atoms with E-state index >= 15 is 9.59 Å². The number of rotatable bonds is 12. The molecule has 0 bridgehead atoms. The van der Waals surface area contributed by atoms with E-state index in [0.717, 1.165) is 0 Å². The van der Waals surface area contributed by atoms with Crippen LogP contribution in [0.15, 0.2) is 0 Å². The van der Waals surface area contributed by atoms with Crippen LogP contribution >= 0.6 is 0 Å². The molecule has 2 rings (SSSR count). The van der Waals surface area contributed by atoms with Crippen molar-refractivity contribution in [2.45, 2.75) is 235 Å². The van der Waals surface area contributed by atoms with Gasteiger partial charge in [-0.05, 0) is 87.4 Å². The third kappa shape index (κ3) is 19.6. The van der Waals surface area contributed by atoms with Crippen LogP contribution in [-0.2, 0) is 57.5 Å². The number of aliphatic hydroxyl groups excluding tert-OH is 1. The first kappa shape index (κ1) is 75.4. The molecule has 4 N–H and O–H groups in total. The Kier molecular flexibility index (Phi) is 29.1. The Bertz CT molecular complexity index is 2350. The third-order valence-corrected chi connectivity index (χ3v) is 17.0. The molecule has 2 fully saturated rings. The van der Waals surface area contributed by atoms with Crippen molar-refractivity contribution < 1.29 is 62.6 Å². The van der Waals surface area contributed by atoms with Gasteiger partial charge in [0.15, 0.2) is 12.1 Å². The Labute approximate surface area is 508 Å². The molecule has 2 aliphatic heterocycles. The number of likely N-dealkylation sites (N-methyl/N-ethyl adjacent to an activating group) is 7. The molecular weight excluding hydrogens is 1090 g/mol. The molecule has 2 aliphatic rings. The average molecular weight is 1200 g/mol. The number of ether oxygens (including phenoxy) is 1. The van der Waals surface area contributed by atoms with E-state index in [1.165, 1.54) is 97.5 Å². The Morgan fingerprint density at radius 3 is 1.32 bits per heavy atom. The minimum Gasteiger partial charge on any atom is -0.368 e. The summed E-state index contributed by atoms with van der Waals surface area (Å²) in [6, 6.07) is -11.9. The molecule has 0 aromatic carbocycles. The summed E-state index contributed by atoms with van der Waals surface area (Å²) in [5, 5.41) is 19.2. The summed E-state index contributed by atoms with van der Waals surface area (Å²) in [7, 11) is 10.1. The highest BCUT2D eigenvalue weighted by Gasteiger charge is 2.49. The topological polar surface area (TPSA) is 276 Å². The summed E-state index contributed by atoms with van der Waals surface area (Å²) in [4.78, 5) is 170. The summed E-state index contributed by atoms with van der Waals surface area (Å²) in [5.74, 6) is -9.87. The van der Waals surface area contributed by atoms with Crippen molar-refractivity contribution in [3.8, 4) is 0 Å². The van der Waals surface area contributed by atoms with E-state index in [4.69, 9.17) is 4.74 Å². The molecule has 14 atom stereocenters. The number of hydrogen-bond acceptors (Lipinski definition) is 13. The number of amides is 10. The van der Waals surface area contributed by atoms with Crippen LogP contribution in [0.4, 0.5) is 0 Å². The van der Waals surface area contributed by atoms with Gasteiger partial charge in [-0.15, -0.1) is 0 Å². The zero-order valence-corrected chi connectivity index (χ0v) is 56.0. The Balaban J connectivity index is 2.97. The van der Waals surface area contributed by atoms with Gasteiger partial charge < -0.3 is 60.1 Å². The minimum absolute atomic E-state index is 0.0321. The molecule has 486 valence electrons. The fourth-order valence-electron chi connectivity index (χ4n) is 11.5. The van der Waals surface area contributed by atoms with Crippen LogP contribution < -0.4 is 16.0 Å². The summed E-state index contributed by atoms with van der Waals surface area (Å²) in [6.07, 6.45) is -1.85. The van der Waals surface area contributed by atoms with Crippen LogP contribution in [0.5, 0.6) is 0 Å². The molecule has 0 aromatic heterocycles. The van der Waals surface area contributed by atoms with Gasteiger partial charge >= 0.3 is 0 Å². The maximum atomic E-state index is 15.2. The molecule has 0 aromatic rings. The Morgan fingerprint density at radius 1 is 0.471 bits per heavy atom. The lowest BCUT2D eigenvalue weighted by Crippen LogP contribution is -2.63. The van der Waals surface area contributed by atoms with E-state index in [0.29, 0.717) is 0 Å². The number of ketones is 1. The molecule has 0 aliphatic carbocycles. The van der Waals surface area contributed by atoms with Gasteiger partial charge in [0.05, 0.1) is 12.1 Å². The zero-order valence-electron chi connectivity index (χ0n) is 56.0. The number of hydrogen-bond donors (Lipinski definition) is 4. The van der Waals surface area contributed by atoms with Gasteiger partial charge in [-0.2, -0.15) is 0 Å². The van der Waals surface area contributed by atoms with Crippen LogP contribution in [0, 0.1) is 47.3 Å². The van der Waals surface area contributed by atoms with Crippen molar-refractivity contribution >= 4 is 64.9 Å². The van der Waals surface area contributed by atoms with Crippen molar-refractivity contribution in [2.24, 2.45) is 47.3 Å². The molecule has 0 spiro atoms. The fourth-order valence-corrected chi connectivity index (χ4v) is 11.5. The van der Waals surface area contributed by atoms with Gasteiger partial charge in [0.2, 0.25) is 59.1 Å². The summed E-state index contributed by atoms with van der Waals surface area (Å²) < 4.78 is 5.94. The third-order valence-electron chi connectivity index (χ3n) is 17.0. The maximum absolute atomic E-state index is 15.2. The first-order valence-electron chi connectivity index (χ1n) is 30.8. The van der Waals surface area contributed by atoms with E-state index < -0.39 is 161 Å². The van der Waals surface area contributed by atoms with Crippen molar-refractivity contribution in [2.75, 3.05) is 49.3 Å². The van der Waals surface area contributed by atoms with Gasteiger partial charge in [-0.25, -0.2) is 0 Å². The van der Waals surface area contributed by atoms with Crippen LogP contribution in [0.25, 0.3) is 0 Å². The molecule has 2 saturated heterocycles. The molecule has 85 heavy (non-hydrogen) atoms. The minimum atomic E-state index is -1.46. The molecule has 0 saturated carbocycles. The lowest BCUT2D eigenvalue weighted by Gasteiger charge is -2.41. The van der Waals surface area contributed by atoms with Crippen molar-refractivity contribution in [1.29, 1.82) is 0 Å². The van der Waals surface area contributed by atoms with Gasteiger partial charge in [0.25, 0.3) is 0 Å². The highest BCUT2D eigenvalue weighted by atomic mass is 16.6. The van der Waals surface area contributed by atoms with Crippen LogP contribution in [0.3, 0.4) is 0 Å². The average Bonchev–Trinajstić information content (AvgIpc) is 4.05. The second-order valence-electron chi connectivity index (χ2n) is 26.8. The number of carbonyl (C=O) groups excluding carboxylic acids is 11. The number of nitrogens with zero attached hydrogens (tertiary/aromatic N) is 7. The van der Waals surface area contributed by atoms with E-state index in [1.807, 2.05) is 55.4 Å². The molecule has 2 unspecified atom stereocenters. The smallest absolute Gasteiger partial charge is 0.246 e. The predicted molar refractivity (Wildman–Crippen MR) is 324 cm³/mol. The SMILES string of the molecule is CC[C@H]1NC(=O)[C@@H](C2OC(O)C[C@H]2C)N(C)C(=O)[C@@H](C(C)C)N(C)C(=O)[C@@H](CC(C)C)N(C)C(=O)[C@@H](CC(C)C)N(C)C(=O)[C@H](C)CC(=O)[C@@H](C)NC(=O)[C@@H](CC(C)C)N(C)C(=O)[C@@H](C(C)C)NC(=O)[C@H](CC(C)C)N(C)C(=O)[C@@H](C)N(C)C1=O. The Morgan fingerprint density at radius 2 is 0.894 bits per heavy atom. The largest absolute Gasteiger partial charge is 0.368 e. The quantitative estimate of drug-likeness (QED) is 0.218. The molecule has 0 radical (unpaired) electrons. The zero-order chi connectivity index (χ0) is 65.7.